The van der Waals surface area contributed by atoms with E-state index in [0.29, 0.717) is 23.7 Å². The van der Waals surface area contributed by atoms with Crippen LogP contribution in [0, 0.1) is 0 Å². The highest BCUT2D eigenvalue weighted by Gasteiger charge is 2.37. The van der Waals surface area contributed by atoms with Gasteiger partial charge in [-0.3, -0.25) is 4.79 Å². The Morgan fingerprint density at radius 2 is 2.25 bits per heavy atom. The number of halogens is 1. The molecule has 108 valence electrons. The highest BCUT2D eigenvalue weighted by molar-refractivity contribution is 6.33. The van der Waals surface area contributed by atoms with Crippen LogP contribution < -0.4 is 5.73 Å². The molecule has 1 saturated carbocycles. The van der Waals surface area contributed by atoms with E-state index in [1.807, 2.05) is 4.90 Å². The molecule has 2 N–H and O–H groups in total. The Bertz CT molecular complexity index is 521. The van der Waals surface area contributed by atoms with E-state index in [2.05, 4.69) is 4.98 Å². The van der Waals surface area contributed by atoms with Gasteiger partial charge in [0.15, 0.2) is 0 Å². The van der Waals surface area contributed by atoms with Crippen LogP contribution in [-0.2, 0) is 4.74 Å². The van der Waals surface area contributed by atoms with Gasteiger partial charge < -0.3 is 15.4 Å². The van der Waals surface area contributed by atoms with E-state index < -0.39 is 0 Å². The smallest absolute Gasteiger partial charge is 0.255 e. The Morgan fingerprint density at radius 1 is 1.45 bits per heavy atom. The fourth-order valence-electron chi connectivity index (χ4n) is 3.08. The topological polar surface area (TPSA) is 68.5 Å². The molecular formula is C14H18ClN3O2. The Morgan fingerprint density at radius 3 is 3.05 bits per heavy atom. The van der Waals surface area contributed by atoms with Crippen LogP contribution in [0.2, 0.25) is 5.02 Å². The number of carbonyl (C=O) groups excluding carboxylic acids is 1. The van der Waals surface area contributed by atoms with Crippen molar-refractivity contribution < 1.29 is 9.53 Å². The summed E-state index contributed by atoms with van der Waals surface area (Å²) in [7, 11) is 0. The zero-order valence-electron chi connectivity index (χ0n) is 11.2. The number of nitrogens with zero attached hydrogens (tertiary/aromatic N) is 2. The van der Waals surface area contributed by atoms with E-state index >= 15 is 0 Å². The van der Waals surface area contributed by atoms with Crippen molar-refractivity contribution in [3.63, 3.8) is 0 Å². The number of amides is 1. The van der Waals surface area contributed by atoms with Crippen molar-refractivity contribution in [1.29, 1.82) is 0 Å². The molecule has 1 aliphatic heterocycles. The standard InChI is InChI=1S/C14H18ClN3O2/c15-10-7-9(8-17-13(10)16)14(19)18-5-6-20-12-4-2-1-3-11(12)18/h7-8,11-12H,1-6H2,(H2,16,17). The molecule has 5 nitrogen and oxygen atoms in total. The molecule has 20 heavy (non-hydrogen) atoms. The normalized spacial score (nSPS) is 26.1. The van der Waals surface area contributed by atoms with Crippen molar-refractivity contribution in [3.8, 4) is 0 Å². The number of nitrogens with two attached hydrogens (primary N) is 1. The molecule has 2 atom stereocenters. The third-order valence-electron chi connectivity index (χ3n) is 4.11. The van der Waals surface area contributed by atoms with Gasteiger partial charge in [0, 0.05) is 12.7 Å². The lowest BCUT2D eigenvalue weighted by atomic mass is 9.90. The number of fused-ring (bicyclic) bond motifs is 1. The summed E-state index contributed by atoms with van der Waals surface area (Å²) in [5.74, 6) is 0.223. The Labute approximate surface area is 123 Å². The van der Waals surface area contributed by atoms with Crippen LogP contribution in [0.25, 0.3) is 0 Å². The molecule has 1 aromatic rings. The number of nitrogen functional groups attached to an aromatic ring is 1. The lowest BCUT2D eigenvalue weighted by molar-refractivity contribution is -0.0752. The molecule has 0 radical (unpaired) electrons. The SMILES string of the molecule is Nc1ncc(C(=O)N2CCOC3CCCCC32)cc1Cl. The number of morpholine rings is 1. The van der Waals surface area contributed by atoms with Gasteiger partial charge >= 0.3 is 0 Å². The third kappa shape index (κ3) is 2.47. The predicted molar refractivity (Wildman–Crippen MR) is 76.7 cm³/mol. The summed E-state index contributed by atoms with van der Waals surface area (Å²) < 4.78 is 5.79. The lowest BCUT2D eigenvalue weighted by Crippen LogP contribution is -2.54. The van der Waals surface area contributed by atoms with Crippen LogP contribution in [0.15, 0.2) is 12.3 Å². The molecule has 6 heteroatoms. The van der Waals surface area contributed by atoms with E-state index in [4.69, 9.17) is 22.1 Å². The highest BCUT2D eigenvalue weighted by Crippen LogP contribution is 2.29. The van der Waals surface area contributed by atoms with Crippen molar-refractivity contribution in [2.45, 2.75) is 37.8 Å². The number of aromatic nitrogens is 1. The van der Waals surface area contributed by atoms with Gasteiger partial charge in [0.25, 0.3) is 5.91 Å². The average Bonchev–Trinajstić information content (AvgIpc) is 2.49. The van der Waals surface area contributed by atoms with E-state index in [-0.39, 0.29) is 23.9 Å². The fraction of sp³-hybridized carbons (Fsp3) is 0.571. The summed E-state index contributed by atoms with van der Waals surface area (Å²) in [4.78, 5) is 18.5. The van der Waals surface area contributed by atoms with Crippen LogP contribution in [0.4, 0.5) is 5.82 Å². The maximum Gasteiger partial charge on any atom is 0.255 e. The summed E-state index contributed by atoms with van der Waals surface area (Å²) in [6.45, 7) is 1.23. The monoisotopic (exact) mass is 295 g/mol. The first-order valence-electron chi connectivity index (χ1n) is 7.00. The molecule has 1 amide bonds. The van der Waals surface area contributed by atoms with Crippen molar-refractivity contribution in [1.82, 2.24) is 9.88 Å². The van der Waals surface area contributed by atoms with E-state index in [0.717, 1.165) is 19.3 Å². The second-order valence-electron chi connectivity index (χ2n) is 5.35. The van der Waals surface area contributed by atoms with Crippen LogP contribution in [0.5, 0.6) is 0 Å². The largest absolute Gasteiger partial charge is 0.382 e. The Hall–Kier alpha value is -1.33. The summed E-state index contributed by atoms with van der Waals surface area (Å²) in [6.07, 6.45) is 6.05. The molecule has 2 fully saturated rings. The Balaban J connectivity index is 1.83. The molecule has 2 aliphatic rings. The predicted octanol–water partition coefficient (Wildman–Crippen LogP) is 2.10. The maximum atomic E-state index is 12.6. The third-order valence-corrected chi connectivity index (χ3v) is 4.41. The van der Waals surface area contributed by atoms with Crippen LogP contribution in [-0.4, -0.2) is 41.1 Å². The van der Waals surface area contributed by atoms with Gasteiger partial charge in [0.1, 0.15) is 5.82 Å². The van der Waals surface area contributed by atoms with Gasteiger partial charge in [-0.25, -0.2) is 4.98 Å². The fourth-order valence-corrected chi connectivity index (χ4v) is 3.25. The minimum Gasteiger partial charge on any atom is -0.382 e. The summed E-state index contributed by atoms with van der Waals surface area (Å²) in [5.41, 5.74) is 6.08. The quantitative estimate of drug-likeness (QED) is 0.861. The zero-order chi connectivity index (χ0) is 14.1. The maximum absolute atomic E-state index is 12.6. The van der Waals surface area contributed by atoms with Gasteiger partial charge in [0.2, 0.25) is 0 Å². The average molecular weight is 296 g/mol. The van der Waals surface area contributed by atoms with Crippen molar-refractivity contribution >= 4 is 23.3 Å². The van der Waals surface area contributed by atoms with Crippen molar-refractivity contribution in [2.75, 3.05) is 18.9 Å². The number of hydrogen-bond acceptors (Lipinski definition) is 4. The van der Waals surface area contributed by atoms with Crippen molar-refractivity contribution in [2.24, 2.45) is 0 Å². The first kappa shape index (κ1) is 13.6. The molecule has 0 aromatic carbocycles. The Kier molecular flexibility index (Phi) is 3.81. The first-order chi connectivity index (χ1) is 9.66. The first-order valence-corrected chi connectivity index (χ1v) is 7.38. The summed E-state index contributed by atoms with van der Waals surface area (Å²) in [6, 6.07) is 1.78. The minimum atomic E-state index is -0.0281. The van der Waals surface area contributed by atoms with Crippen LogP contribution in [0.1, 0.15) is 36.0 Å². The lowest BCUT2D eigenvalue weighted by Gasteiger charge is -2.43. The summed E-state index contributed by atoms with van der Waals surface area (Å²) in [5, 5.41) is 0.323. The number of hydrogen-bond donors (Lipinski definition) is 1. The molecule has 0 bridgehead atoms. The molecule has 1 aromatic heterocycles. The molecule has 3 rings (SSSR count). The molecule has 2 heterocycles. The number of pyridine rings is 1. The number of anilines is 1. The molecular weight excluding hydrogens is 278 g/mol. The molecule has 0 spiro atoms. The van der Waals surface area contributed by atoms with Crippen molar-refractivity contribution in [3.05, 3.63) is 22.8 Å². The second-order valence-corrected chi connectivity index (χ2v) is 5.76. The van der Waals surface area contributed by atoms with Gasteiger partial charge in [0.05, 0.1) is 29.3 Å². The highest BCUT2D eigenvalue weighted by atomic mass is 35.5. The zero-order valence-corrected chi connectivity index (χ0v) is 12.0. The van der Waals surface area contributed by atoms with Gasteiger partial charge in [-0.15, -0.1) is 0 Å². The summed E-state index contributed by atoms with van der Waals surface area (Å²) >= 11 is 5.95. The van der Waals surface area contributed by atoms with Crippen LogP contribution >= 0.6 is 11.6 Å². The number of carbonyl (C=O) groups is 1. The molecule has 1 aliphatic carbocycles. The van der Waals surface area contributed by atoms with E-state index in [9.17, 15) is 4.79 Å². The second kappa shape index (κ2) is 5.58. The number of rotatable bonds is 1. The minimum absolute atomic E-state index is 0.0281. The van der Waals surface area contributed by atoms with E-state index in [1.54, 1.807) is 6.07 Å². The molecule has 2 unspecified atom stereocenters. The van der Waals surface area contributed by atoms with Gasteiger partial charge in [-0.1, -0.05) is 24.4 Å². The number of ether oxygens (including phenoxy) is 1. The molecule has 1 saturated heterocycles. The van der Waals surface area contributed by atoms with Gasteiger partial charge in [-0.2, -0.15) is 0 Å². The van der Waals surface area contributed by atoms with E-state index in [1.165, 1.54) is 12.6 Å². The van der Waals surface area contributed by atoms with Crippen LogP contribution in [0.3, 0.4) is 0 Å². The van der Waals surface area contributed by atoms with Gasteiger partial charge in [-0.05, 0) is 18.9 Å².